The number of rotatable bonds is 8. The summed E-state index contributed by atoms with van der Waals surface area (Å²) in [6, 6.07) is 19.9. The molecule has 0 bridgehead atoms. The average Bonchev–Trinajstić information content (AvgIpc) is 2.69. The number of halogens is 2. The topological polar surface area (TPSA) is 30.5 Å². The molecule has 5 heteroatoms. The summed E-state index contributed by atoms with van der Waals surface area (Å²) in [6.45, 7) is 3.86. The van der Waals surface area contributed by atoms with Gasteiger partial charge in [0.15, 0.2) is 11.5 Å². The second-order valence-electron chi connectivity index (χ2n) is 6.58. The van der Waals surface area contributed by atoms with Gasteiger partial charge in [-0.25, -0.2) is 0 Å². The number of ether oxygens (including phenoxy) is 2. The van der Waals surface area contributed by atoms with Crippen LogP contribution in [0.2, 0.25) is 10.0 Å². The van der Waals surface area contributed by atoms with E-state index in [2.05, 4.69) is 36.5 Å². The first-order chi connectivity index (χ1) is 13.6. The molecule has 0 heterocycles. The van der Waals surface area contributed by atoms with Gasteiger partial charge < -0.3 is 14.8 Å². The van der Waals surface area contributed by atoms with Gasteiger partial charge in [0.05, 0.1) is 12.1 Å². The van der Waals surface area contributed by atoms with E-state index in [-0.39, 0.29) is 0 Å². The molecule has 0 aliphatic carbocycles. The lowest BCUT2D eigenvalue weighted by molar-refractivity contribution is 0.284. The van der Waals surface area contributed by atoms with Crippen molar-refractivity contribution >= 4 is 23.2 Å². The molecule has 0 amide bonds. The zero-order valence-corrected chi connectivity index (χ0v) is 17.5. The van der Waals surface area contributed by atoms with Crippen molar-refractivity contribution in [1.29, 1.82) is 0 Å². The van der Waals surface area contributed by atoms with Gasteiger partial charge in [-0.05, 0) is 36.2 Å². The average molecular weight is 416 g/mol. The summed E-state index contributed by atoms with van der Waals surface area (Å²) in [7, 11) is 1.61. The Morgan fingerprint density at radius 2 is 1.57 bits per heavy atom. The SMILES string of the molecule is COc1cc(CNCc2ccc(C)cc2)cc(Cl)c1OCc1ccccc1Cl. The first-order valence-corrected chi connectivity index (χ1v) is 9.81. The van der Waals surface area contributed by atoms with E-state index < -0.39 is 0 Å². The molecule has 0 aliphatic rings. The highest BCUT2D eigenvalue weighted by Crippen LogP contribution is 2.37. The molecular weight excluding hydrogens is 393 g/mol. The Hall–Kier alpha value is -2.20. The molecular formula is C23H23Cl2NO2. The van der Waals surface area contributed by atoms with Crippen LogP contribution in [0.15, 0.2) is 60.7 Å². The van der Waals surface area contributed by atoms with E-state index in [0.717, 1.165) is 17.7 Å². The third-order valence-electron chi connectivity index (χ3n) is 4.40. The minimum absolute atomic E-state index is 0.320. The van der Waals surface area contributed by atoms with E-state index in [9.17, 15) is 0 Å². The van der Waals surface area contributed by atoms with E-state index in [4.69, 9.17) is 32.7 Å². The lowest BCUT2D eigenvalue weighted by Gasteiger charge is -2.15. The van der Waals surface area contributed by atoms with E-state index in [1.165, 1.54) is 11.1 Å². The van der Waals surface area contributed by atoms with E-state index in [1.807, 2.05) is 36.4 Å². The van der Waals surface area contributed by atoms with Gasteiger partial charge in [-0.1, -0.05) is 71.2 Å². The van der Waals surface area contributed by atoms with Gasteiger partial charge in [-0.2, -0.15) is 0 Å². The third-order valence-corrected chi connectivity index (χ3v) is 5.05. The third kappa shape index (κ3) is 5.41. The number of hydrogen-bond acceptors (Lipinski definition) is 3. The number of benzene rings is 3. The minimum atomic E-state index is 0.320. The minimum Gasteiger partial charge on any atom is -0.493 e. The predicted molar refractivity (Wildman–Crippen MR) is 116 cm³/mol. The lowest BCUT2D eigenvalue weighted by atomic mass is 10.1. The highest BCUT2D eigenvalue weighted by Gasteiger charge is 2.13. The van der Waals surface area contributed by atoms with Crippen LogP contribution < -0.4 is 14.8 Å². The molecule has 3 aromatic rings. The van der Waals surface area contributed by atoms with Crippen LogP contribution in [0.5, 0.6) is 11.5 Å². The van der Waals surface area contributed by atoms with Crippen molar-refractivity contribution in [3.63, 3.8) is 0 Å². The van der Waals surface area contributed by atoms with Crippen LogP contribution in [0.1, 0.15) is 22.3 Å². The smallest absolute Gasteiger partial charge is 0.180 e. The molecule has 146 valence electrons. The summed E-state index contributed by atoms with van der Waals surface area (Å²) in [5.74, 6) is 1.12. The standard InChI is InChI=1S/C23H23Cl2NO2/c1-16-7-9-17(10-8-16)13-26-14-18-11-21(25)23(22(12-18)27-2)28-15-19-5-3-4-6-20(19)24/h3-12,26H,13-15H2,1-2H3. The number of methoxy groups -OCH3 is 1. The maximum Gasteiger partial charge on any atom is 0.180 e. The second-order valence-corrected chi connectivity index (χ2v) is 7.39. The number of hydrogen-bond donors (Lipinski definition) is 1. The molecule has 28 heavy (non-hydrogen) atoms. The van der Waals surface area contributed by atoms with Crippen LogP contribution in [0.4, 0.5) is 0 Å². The molecule has 0 aromatic heterocycles. The summed E-state index contributed by atoms with van der Waals surface area (Å²) >= 11 is 12.7. The molecule has 0 radical (unpaired) electrons. The molecule has 3 rings (SSSR count). The highest BCUT2D eigenvalue weighted by atomic mass is 35.5. The molecule has 0 unspecified atom stereocenters. The maximum atomic E-state index is 6.47. The fraction of sp³-hybridized carbons (Fsp3) is 0.217. The highest BCUT2D eigenvalue weighted by molar-refractivity contribution is 6.32. The molecule has 0 saturated carbocycles. The number of aryl methyl sites for hydroxylation is 1. The Morgan fingerprint density at radius 1 is 0.857 bits per heavy atom. The largest absolute Gasteiger partial charge is 0.493 e. The number of nitrogens with one attached hydrogen (secondary N) is 1. The van der Waals surface area contributed by atoms with Crippen LogP contribution in [0.3, 0.4) is 0 Å². The molecule has 0 saturated heterocycles. The Balaban J connectivity index is 1.65. The molecule has 0 aliphatic heterocycles. The van der Waals surface area contributed by atoms with Crippen LogP contribution in [-0.2, 0) is 19.7 Å². The molecule has 0 spiro atoms. The van der Waals surface area contributed by atoms with Gasteiger partial charge in [-0.3, -0.25) is 0 Å². The summed E-state index contributed by atoms with van der Waals surface area (Å²) in [4.78, 5) is 0. The van der Waals surface area contributed by atoms with E-state index in [0.29, 0.717) is 34.7 Å². The summed E-state index contributed by atoms with van der Waals surface area (Å²) in [5, 5.41) is 4.60. The maximum absolute atomic E-state index is 6.47. The van der Waals surface area contributed by atoms with Gasteiger partial charge in [-0.15, -0.1) is 0 Å². The van der Waals surface area contributed by atoms with Crippen LogP contribution in [0.25, 0.3) is 0 Å². The van der Waals surface area contributed by atoms with Gasteiger partial charge in [0.1, 0.15) is 6.61 Å². The fourth-order valence-electron chi connectivity index (χ4n) is 2.84. The summed E-state index contributed by atoms with van der Waals surface area (Å²) in [5.41, 5.74) is 4.42. The molecule has 3 nitrogen and oxygen atoms in total. The van der Waals surface area contributed by atoms with Crippen molar-refractivity contribution in [2.75, 3.05) is 7.11 Å². The Labute approximate surface area is 176 Å². The molecule has 0 atom stereocenters. The normalized spacial score (nSPS) is 10.7. The zero-order valence-electron chi connectivity index (χ0n) is 16.0. The Bertz CT molecular complexity index is 926. The molecule has 1 N–H and O–H groups in total. The second kappa shape index (κ2) is 9.83. The Morgan fingerprint density at radius 3 is 2.29 bits per heavy atom. The first kappa shape index (κ1) is 20.5. The van der Waals surface area contributed by atoms with Crippen molar-refractivity contribution in [2.24, 2.45) is 0 Å². The zero-order chi connectivity index (χ0) is 19.9. The van der Waals surface area contributed by atoms with Crippen molar-refractivity contribution in [3.8, 4) is 11.5 Å². The van der Waals surface area contributed by atoms with Gasteiger partial charge in [0, 0.05) is 23.7 Å². The van der Waals surface area contributed by atoms with Gasteiger partial charge in [0.25, 0.3) is 0 Å². The van der Waals surface area contributed by atoms with E-state index in [1.54, 1.807) is 7.11 Å². The van der Waals surface area contributed by atoms with Crippen molar-refractivity contribution in [2.45, 2.75) is 26.6 Å². The van der Waals surface area contributed by atoms with E-state index >= 15 is 0 Å². The quantitative estimate of drug-likeness (QED) is 0.476. The van der Waals surface area contributed by atoms with Gasteiger partial charge >= 0.3 is 0 Å². The molecule has 3 aromatic carbocycles. The molecule has 0 fully saturated rings. The van der Waals surface area contributed by atoms with Crippen LogP contribution >= 0.6 is 23.2 Å². The predicted octanol–water partition coefficient (Wildman–Crippen LogP) is 6.18. The first-order valence-electron chi connectivity index (χ1n) is 9.05. The van der Waals surface area contributed by atoms with Crippen molar-refractivity contribution in [3.05, 3.63) is 93.0 Å². The fourth-order valence-corrected chi connectivity index (χ4v) is 3.32. The van der Waals surface area contributed by atoms with Crippen LogP contribution in [0, 0.1) is 6.92 Å². The van der Waals surface area contributed by atoms with Crippen molar-refractivity contribution in [1.82, 2.24) is 5.32 Å². The van der Waals surface area contributed by atoms with Crippen LogP contribution in [-0.4, -0.2) is 7.11 Å². The monoisotopic (exact) mass is 415 g/mol. The summed E-state index contributed by atoms with van der Waals surface area (Å²) in [6.07, 6.45) is 0. The summed E-state index contributed by atoms with van der Waals surface area (Å²) < 4.78 is 11.4. The van der Waals surface area contributed by atoms with Crippen molar-refractivity contribution < 1.29 is 9.47 Å². The Kier molecular flexibility index (Phi) is 7.21. The van der Waals surface area contributed by atoms with Gasteiger partial charge in [0.2, 0.25) is 0 Å². The lowest BCUT2D eigenvalue weighted by Crippen LogP contribution is -2.13.